The minimum Gasteiger partial charge on any atom is -0.478 e. The Balaban J connectivity index is 1.64. The Bertz CT molecular complexity index is 1150. The predicted octanol–water partition coefficient (Wildman–Crippen LogP) is 5.37. The molecule has 33 heavy (non-hydrogen) atoms. The maximum Gasteiger partial charge on any atom is 0.335 e. The summed E-state index contributed by atoms with van der Waals surface area (Å²) in [5.74, 6) is -1.64. The van der Waals surface area contributed by atoms with Crippen molar-refractivity contribution in [3.8, 4) is 5.69 Å². The fraction of sp³-hybridized carbons (Fsp3) is 0.304. The van der Waals surface area contributed by atoms with Crippen LogP contribution in [0.2, 0.25) is 10.0 Å². The molecule has 1 heterocycles. The highest BCUT2D eigenvalue weighted by molar-refractivity contribution is 6.37. The number of carboxylic acids is 1. The summed E-state index contributed by atoms with van der Waals surface area (Å²) in [5.41, 5.74) is 1.11. The Morgan fingerprint density at radius 2 is 1.76 bits per heavy atom. The molecule has 0 bridgehead atoms. The third-order valence-corrected chi connectivity index (χ3v) is 6.02. The van der Waals surface area contributed by atoms with E-state index in [9.17, 15) is 14.7 Å². The fourth-order valence-corrected chi connectivity index (χ4v) is 4.29. The van der Waals surface area contributed by atoms with Gasteiger partial charge in [-0.3, -0.25) is 4.79 Å². The number of para-hydroxylation sites is 1. The van der Waals surface area contributed by atoms with Crippen LogP contribution in [0.4, 0.5) is 5.69 Å². The van der Waals surface area contributed by atoms with E-state index in [1.165, 1.54) is 23.4 Å². The Hall–Kier alpha value is -2.94. The highest BCUT2D eigenvalue weighted by Gasteiger charge is 2.23. The number of carbonyl (C=O) groups excluding carboxylic acids is 1. The first-order valence-electron chi connectivity index (χ1n) is 10.6. The van der Waals surface area contributed by atoms with Gasteiger partial charge in [-0.15, -0.1) is 15.0 Å². The van der Waals surface area contributed by atoms with Crippen molar-refractivity contribution in [2.75, 3.05) is 5.32 Å². The van der Waals surface area contributed by atoms with Crippen molar-refractivity contribution in [3.63, 3.8) is 0 Å². The van der Waals surface area contributed by atoms with Gasteiger partial charge in [0.15, 0.2) is 5.69 Å². The summed E-state index contributed by atoms with van der Waals surface area (Å²) < 4.78 is 6.03. The summed E-state index contributed by atoms with van der Waals surface area (Å²) in [7, 11) is 0. The summed E-state index contributed by atoms with van der Waals surface area (Å²) in [6.07, 6.45) is 5.46. The number of nitrogens with one attached hydrogen (secondary N) is 1. The van der Waals surface area contributed by atoms with Gasteiger partial charge in [0, 0.05) is 5.69 Å². The summed E-state index contributed by atoms with van der Waals surface area (Å²) in [6, 6.07) is 11.0. The van der Waals surface area contributed by atoms with Gasteiger partial charge in [-0.1, -0.05) is 54.6 Å². The summed E-state index contributed by atoms with van der Waals surface area (Å²) in [4.78, 5) is 25.6. The van der Waals surface area contributed by atoms with Crippen LogP contribution in [0.15, 0.2) is 42.5 Å². The number of carbonyl (C=O) groups is 2. The average molecular weight is 489 g/mol. The number of halogens is 2. The summed E-state index contributed by atoms with van der Waals surface area (Å²) in [6.45, 7) is 0.102. The molecule has 0 unspecified atom stereocenters. The van der Waals surface area contributed by atoms with Crippen molar-refractivity contribution in [1.29, 1.82) is 0 Å². The van der Waals surface area contributed by atoms with E-state index in [4.69, 9.17) is 27.9 Å². The van der Waals surface area contributed by atoms with E-state index in [0.717, 1.165) is 25.7 Å². The van der Waals surface area contributed by atoms with Crippen molar-refractivity contribution in [1.82, 2.24) is 15.0 Å². The van der Waals surface area contributed by atoms with Crippen LogP contribution in [0.1, 0.15) is 58.6 Å². The molecule has 1 aliphatic carbocycles. The van der Waals surface area contributed by atoms with E-state index in [1.807, 2.05) is 0 Å². The number of amides is 1. The molecule has 1 aromatic heterocycles. The van der Waals surface area contributed by atoms with E-state index in [1.54, 1.807) is 30.3 Å². The molecule has 0 radical (unpaired) electrons. The van der Waals surface area contributed by atoms with Crippen LogP contribution in [0.3, 0.4) is 0 Å². The molecule has 1 amide bonds. The number of hydrogen-bond donors (Lipinski definition) is 2. The first kappa shape index (κ1) is 23.2. The molecule has 2 N–H and O–H groups in total. The third-order valence-electron chi connectivity index (χ3n) is 5.41. The summed E-state index contributed by atoms with van der Waals surface area (Å²) in [5, 5.41) is 21.3. The lowest BCUT2D eigenvalue weighted by Crippen LogP contribution is -2.19. The predicted molar refractivity (Wildman–Crippen MR) is 124 cm³/mol. The van der Waals surface area contributed by atoms with E-state index in [2.05, 4.69) is 15.5 Å². The quantitative estimate of drug-likeness (QED) is 0.462. The Labute approximate surface area is 200 Å². The van der Waals surface area contributed by atoms with Crippen LogP contribution in [0, 0.1) is 0 Å². The zero-order chi connectivity index (χ0) is 23.4. The van der Waals surface area contributed by atoms with Crippen LogP contribution in [0.25, 0.3) is 5.69 Å². The molecule has 172 valence electrons. The van der Waals surface area contributed by atoms with Gasteiger partial charge in [0.1, 0.15) is 11.4 Å². The van der Waals surface area contributed by atoms with Crippen LogP contribution in [0.5, 0.6) is 0 Å². The van der Waals surface area contributed by atoms with Gasteiger partial charge in [-0.2, -0.15) is 0 Å². The van der Waals surface area contributed by atoms with Crippen molar-refractivity contribution in [3.05, 3.63) is 69.5 Å². The minimum absolute atomic E-state index is 0.0440. The van der Waals surface area contributed by atoms with Crippen LogP contribution < -0.4 is 5.32 Å². The molecule has 1 aliphatic rings. The van der Waals surface area contributed by atoms with Gasteiger partial charge in [0.25, 0.3) is 5.91 Å². The smallest absolute Gasteiger partial charge is 0.335 e. The molecule has 0 spiro atoms. The molecule has 0 atom stereocenters. The van der Waals surface area contributed by atoms with Gasteiger partial charge in [-0.05, 0) is 43.2 Å². The van der Waals surface area contributed by atoms with Gasteiger partial charge in [-0.25, -0.2) is 4.79 Å². The zero-order valence-corrected chi connectivity index (χ0v) is 19.1. The largest absolute Gasteiger partial charge is 0.478 e. The Kier molecular flexibility index (Phi) is 7.27. The van der Waals surface area contributed by atoms with Gasteiger partial charge < -0.3 is 15.2 Å². The SMILES string of the molecule is O=C(O)c1cccc(NC(=O)c2nn(-c3c(Cl)cccc3Cl)nc2COC2CCCCC2)c1. The van der Waals surface area contributed by atoms with Gasteiger partial charge >= 0.3 is 5.97 Å². The molecular weight excluding hydrogens is 467 g/mol. The topological polar surface area (TPSA) is 106 Å². The number of anilines is 1. The molecule has 4 rings (SSSR count). The zero-order valence-electron chi connectivity index (χ0n) is 17.6. The lowest BCUT2D eigenvalue weighted by atomic mass is 9.98. The molecule has 1 saturated carbocycles. The minimum atomic E-state index is -1.09. The van der Waals surface area contributed by atoms with E-state index >= 15 is 0 Å². The maximum absolute atomic E-state index is 13.1. The molecule has 10 heteroatoms. The number of aromatic carboxylic acids is 1. The van der Waals surface area contributed by atoms with Gasteiger partial charge in [0.2, 0.25) is 0 Å². The van der Waals surface area contributed by atoms with Crippen LogP contribution >= 0.6 is 23.2 Å². The second kappa shape index (κ2) is 10.3. The number of nitrogens with zero attached hydrogens (tertiary/aromatic N) is 3. The molecule has 8 nitrogen and oxygen atoms in total. The maximum atomic E-state index is 13.1. The van der Waals surface area contributed by atoms with Crippen molar-refractivity contribution in [2.45, 2.75) is 44.8 Å². The van der Waals surface area contributed by atoms with Gasteiger partial charge in [0.05, 0.1) is 28.3 Å². The van der Waals surface area contributed by atoms with Crippen molar-refractivity contribution < 1.29 is 19.4 Å². The second-order valence-electron chi connectivity index (χ2n) is 7.77. The lowest BCUT2D eigenvalue weighted by molar-refractivity contribution is 0.0148. The number of rotatable bonds is 7. The second-order valence-corrected chi connectivity index (χ2v) is 8.58. The number of aromatic nitrogens is 3. The summed E-state index contributed by atoms with van der Waals surface area (Å²) >= 11 is 12.6. The number of ether oxygens (including phenoxy) is 1. The van der Waals surface area contributed by atoms with E-state index < -0.39 is 11.9 Å². The Morgan fingerprint density at radius 3 is 2.45 bits per heavy atom. The number of benzene rings is 2. The first-order valence-corrected chi connectivity index (χ1v) is 11.3. The first-order chi connectivity index (χ1) is 15.9. The molecule has 2 aromatic carbocycles. The lowest BCUT2D eigenvalue weighted by Gasteiger charge is -2.21. The highest BCUT2D eigenvalue weighted by Crippen LogP contribution is 2.28. The standard InChI is InChI=1S/C23H22Cl2N4O4/c24-17-10-5-11-18(25)21(17)29-27-19(13-33-16-8-2-1-3-9-16)20(28-29)22(30)26-15-7-4-6-14(12-15)23(31)32/h4-7,10-12,16H,1-3,8-9,13H2,(H,26,30)(H,31,32). The molecule has 0 aliphatic heterocycles. The van der Waals surface area contributed by atoms with Crippen LogP contribution in [-0.2, 0) is 11.3 Å². The highest BCUT2D eigenvalue weighted by atomic mass is 35.5. The molecule has 1 fully saturated rings. The molecular formula is C23H22Cl2N4O4. The average Bonchev–Trinajstić information content (AvgIpc) is 3.22. The fourth-order valence-electron chi connectivity index (χ4n) is 3.74. The van der Waals surface area contributed by atoms with E-state index in [0.29, 0.717) is 27.1 Å². The monoisotopic (exact) mass is 488 g/mol. The number of hydrogen-bond acceptors (Lipinski definition) is 5. The molecule has 3 aromatic rings. The van der Waals surface area contributed by atoms with E-state index in [-0.39, 0.29) is 24.0 Å². The normalized spacial score (nSPS) is 14.2. The number of carboxylic acid groups (broad SMARTS) is 1. The Morgan fingerprint density at radius 1 is 1.06 bits per heavy atom. The van der Waals surface area contributed by atoms with Crippen molar-refractivity contribution in [2.24, 2.45) is 0 Å². The van der Waals surface area contributed by atoms with Crippen molar-refractivity contribution >= 4 is 40.8 Å². The molecule has 0 saturated heterocycles. The third kappa shape index (κ3) is 5.52. The van der Waals surface area contributed by atoms with Crippen LogP contribution in [-0.4, -0.2) is 38.1 Å².